The van der Waals surface area contributed by atoms with Crippen LogP contribution >= 0.6 is 12.2 Å². The number of para-hydroxylation sites is 1. The van der Waals surface area contributed by atoms with Crippen molar-refractivity contribution in [1.29, 1.82) is 0 Å². The van der Waals surface area contributed by atoms with Crippen LogP contribution in [0.4, 0.5) is 10.1 Å². The van der Waals surface area contributed by atoms with Crippen molar-refractivity contribution in [2.45, 2.75) is 32.8 Å². The number of anilines is 1. The fourth-order valence-corrected chi connectivity index (χ4v) is 1.58. The van der Waals surface area contributed by atoms with Crippen molar-refractivity contribution in [1.82, 2.24) is 0 Å². The second kappa shape index (κ2) is 6.39. The molecule has 1 rings (SSSR count). The van der Waals surface area contributed by atoms with Crippen LogP contribution in [0.15, 0.2) is 18.2 Å². The first-order valence-electron chi connectivity index (χ1n) is 5.60. The van der Waals surface area contributed by atoms with Crippen LogP contribution in [0.25, 0.3) is 0 Å². The van der Waals surface area contributed by atoms with Crippen molar-refractivity contribution in [2.24, 2.45) is 5.73 Å². The standard InChI is InChI=1S/C12H17FN2OS/c1-3-8(4-2)16-10-7-5-6-9(13)11(10)15-12(14)17/h5-8H,3-4H2,1-2H3,(H3,14,15,17). The summed E-state index contributed by atoms with van der Waals surface area (Å²) >= 11 is 4.71. The third kappa shape index (κ3) is 3.85. The molecule has 3 nitrogen and oxygen atoms in total. The smallest absolute Gasteiger partial charge is 0.168 e. The monoisotopic (exact) mass is 256 g/mol. The number of nitrogens with one attached hydrogen (secondary N) is 1. The van der Waals surface area contributed by atoms with Crippen LogP contribution in [0, 0.1) is 5.82 Å². The van der Waals surface area contributed by atoms with Crippen molar-refractivity contribution >= 4 is 23.0 Å². The molecule has 17 heavy (non-hydrogen) atoms. The van der Waals surface area contributed by atoms with Crippen LogP contribution in [0.2, 0.25) is 0 Å². The second-order valence-electron chi connectivity index (χ2n) is 3.66. The number of hydrogen-bond acceptors (Lipinski definition) is 2. The van der Waals surface area contributed by atoms with Crippen LogP contribution < -0.4 is 15.8 Å². The molecule has 0 aliphatic rings. The number of thiocarbonyl (C=S) groups is 1. The largest absolute Gasteiger partial charge is 0.488 e. The van der Waals surface area contributed by atoms with Gasteiger partial charge in [-0.2, -0.15) is 0 Å². The molecule has 3 N–H and O–H groups in total. The van der Waals surface area contributed by atoms with Gasteiger partial charge in [-0.1, -0.05) is 19.9 Å². The summed E-state index contributed by atoms with van der Waals surface area (Å²) in [7, 11) is 0. The van der Waals surface area contributed by atoms with Crippen LogP contribution in [0.3, 0.4) is 0 Å². The highest BCUT2D eigenvalue weighted by molar-refractivity contribution is 7.80. The van der Waals surface area contributed by atoms with E-state index in [0.717, 1.165) is 12.8 Å². The summed E-state index contributed by atoms with van der Waals surface area (Å²) in [4.78, 5) is 0. The fourth-order valence-electron chi connectivity index (χ4n) is 1.48. The van der Waals surface area contributed by atoms with E-state index in [1.807, 2.05) is 13.8 Å². The van der Waals surface area contributed by atoms with Gasteiger partial charge in [-0.15, -0.1) is 0 Å². The minimum absolute atomic E-state index is 0.0181. The van der Waals surface area contributed by atoms with E-state index in [1.54, 1.807) is 12.1 Å². The van der Waals surface area contributed by atoms with Gasteiger partial charge in [-0.3, -0.25) is 0 Å². The molecule has 0 radical (unpaired) electrons. The molecule has 0 unspecified atom stereocenters. The molecule has 0 fully saturated rings. The van der Waals surface area contributed by atoms with E-state index in [1.165, 1.54) is 6.07 Å². The van der Waals surface area contributed by atoms with Gasteiger partial charge in [0.05, 0.1) is 6.10 Å². The van der Waals surface area contributed by atoms with Crippen molar-refractivity contribution in [3.05, 3.63) is 24.0 Å². The van der Waals surface area contributed by atoms with Gasteiger partial charge in [0, 0.05) is 0 Å². The van der Waals surface area contributed by atoms with Crippen LogP contribution in [-0.2, 0) is 0 Å². The number of halogens is 1. The van der Waals surface area contributed by atoms with E-state index in [4.69, 9.17) is 22.7 Å². The zero-order chi connectivity index (χ0) is 12.8. The SMILES string of the molecule is CCC(CC)Oc1cccc(F)c1NC(N)=S. The zero-order valence-corrected chi connectivity index (χ0v) is 10.8. The lowest BCUT2D eigenvalue weighted by Crippen LogP contribution is -2.21. The van der Waals surface area contributed by atoms with Gasteiger partial charge in [-0.25, -0.2) is 4.39 Å². The fraction of sp³-hybridized carbons (Fsp3) is 0.417. The predicted molar refractivity (Wildman–Crippen MR) is 71.8 cm³/mol. The highest BCUT2D eigenvalue weighted by atomic mass is 32.1. The molecule has 1 aromatic rings. The summed E-state index contributed by atoms with van der Waals surface area (Å²) in [6.07, 6.45) is 1.78. The Bertz CT molecular complexity index is 394. The Hall–Kier alpha value is -1.36. The molecular weight excluding hydrogens is 239 g/mol. The Morgan fingerprint density at radius 2 is 2.12 bits per heavy atom. The maximum absolute atomic E-state index is 13.6. The second-order valence-corrected chi connectivity index (χ2v) is 4.10. The molecule has 0 spiro atoms. The molecule has 1 aromatic carbocycles. The summed E-state index contributed by atoms with van der Waals surface area (Å²) in [6.45, 7) is 4.04. The topological polar surface area (TPSA) is 47.3 Å². The molecule has 0 amide bonds. The molecule has 0 aliphatic carbocycles. The first-order valence-corrected chi connectivity index (χ1v) is 6.00. The molecule has 0 heterocycles. The Morgan fingerprint density at radius 1 is 1.47 bits per heavy atom. The number of nitrogens with two attached hydrogens (primary N) is 1. The maximum atomic E-state index is 13.6. The average molecular weight is 256 g/mol. The molecule has 0 aromatic heterocycles. The van der Waals surface area contributed by atoms with Gasteiger partial charge in [0.25, 0.3) is 0 Å². The normalized spacial score (nSPS) is 10.4. The van der Waals surface area contributed by atoms with Gasteiger partial charge >= 0.3 is 0 Å². The van der Waals surface area contributed by atoms with Crippen molar-refractivity contribution in [2.75, 3.05) is 5.32 Å². The maximum Gasteiger partial charge on any atom is 0.168 e. The lowest BCUT2D eigenvalue weighted by molar-refractivity contribution is 0.193. The average Bonchev–Trinajstić information content (AvgIpc) is 2.29. The minimum Gasteiger partial charge on any atom is -0.488 e. The molecule has 0 bridgehead atoms. The summed E-state index contributed by atoms with van der Waals surface area (Å²) in [5, 5.41) is 2.62. The Morgan fingerprint density at radius 3 is 2.65 bits per heavy atom. The van der Waals surface area contributed by atoms with E-state index in [-0.39, 0.29) is 16.9 Å². The van der Waals surface area contributed by atoms with Gasteiger partial charge in [0.1, 0.15) is 11.4 Å². The van der Waals surface area contributed by atoms with Crippen LogP contribution in [0.1, 0.15) is 26.7 Å². The Labute approximate surface area is 106 Å². The predicted octanol–water partition coefficient (Wildman–Crippen LogP) is 3.05. The first kappa shape index (κ1) is 13.7. The number of ether oxygens (including phenoxy) is 1. The lowest BCUT2D eigenvalue weighted by atomic mass is 10.2. The van der Waals surface area contributed by atoms with E-state index >= 15 is 0 Å². The molecule has 94 valence electrons. The Kier molecular flexibility index (Phi) is 5.15. The highest BCUT2D eigenvalue weighted by Crippen LogP contribution is 2.29. The molecule has 5 heteroatoms. The third-order valence-corrected chi connectivity index (χ3v) is 2.53. The van der Waals surface area contributed by atoms with Crippen molar-refractivity contribution < 1.29 is 9.13 Å². The molecule has 0 saturated heterocycles. The first-order chi connectivity index (χ1) is 8.08. The molecular formula is C12H17FN2OS. The van der Waals surface area contributed by atoms with Crippen LogP contribution in [-0.4, -0.2) is 11.2 Å². The zero-order valence-electron chi connectivity index (χ0n) is 10.00. The Balaban J connectivity index is 2.97. The molecule has 0 saturated carbocycles. The lowest BCUT2D eigenvalue weighted by Gasteiger charge is -2.19. The van der Waals surface area contributed by atoms with Gasteiger partial charge in [-0.05, 0) is 37.2 Å². The van der Waals surface area contributed by atoms with Crippen molar-refractivity contribution in [3.63, 3.8) is 0 Å². The van der Waals surface area contributed by atoms with Gasteiger partial charge in [0.2, 0.25) is 0 Å². The number of hydrogen-bond donors (Lipinski definition) is 2. The molecule has 0 atom stereocenters. The van der Waals surface area contributed by atoms with E-state index < -0.39 is 5.82 Å². The number of rotatable bonds is 5. The van der Waals surface area contributed by atoms with Crippen LogP contribution in [0.5, 0.6) is 5.75 Å². The van der Waals surface area contributed by atoms with Crippen molar-refractivity contribution in [3.8, 4) is 5.75 Å². The highest BCUT2D eigenvalue weighted by Gasteiger charge is 2.13. The van der Waals surface area contributed by atoms with Gasteiger partial charge < -0.3 is 15.8 Å². The summed E-state index contributed by atoms with van der Waals surface area (Å²) in [5.41, 5.74) is 5.56. The quantitative estimate of drug-likeness (QED) is 0.795. The van der Waals surface area contributed by atoms with Gasteiger partial charge in [0.15, 0.2) is 10.9 Å². The summed E-state index contributed by atoms with van der Waals surface area (Å²) < 4.78 is 19.3. The van der Waals surface area contributed by atoms with E-state index in [9.17, 15) is 4.39 Å². The number of benzene rings is 1. The van der Waals surface area contributed by atoms with E-state index in [0.29, 0.717) is 5.75 Å². The third-order valence-electron chi connectivity index (χ3n) is 2.43. The summed E-state index contributed by atoms with van der Waals surface area (Å²) in [6, 6.07) is 4.63. The minimum atomic E-state index is -0.429. The molecule has 0 aliphatic heterocycles. The van der Waals surface area contributed by atoms with E-state index in [2.05, 4.69) is 5.32 Å². The summed E-state index contributed by atoms with van der Waals surface area (Å²) in [5.74, 6) is 0.00718.